The minimum atomic E-state index is -0.746. The molecule has 174 valence electrons. The molecule has 1 atom stereocenters. The van der Waals surface area contributed by atoms with Crippen molar-refractivity contribution in [2.75, 3.05) is 6.61 Å². The number of amides is 1. The fourth-order valence-electron chi connectivity index (χ4n) is 4.05. The third-order valence-corrected chi connectivity index (χ3v) is 5.91. The van der Waals surface area contributed by atoms with E-state index in [9.17, 15) is 14.7 Å². The molecule has 1 aromatic heterocycles. The number of aliphatic hydroxyl groups excluding tert-OH is 1. The molecule has 0 aliphatic carbocycles. The summed E-state index contributed by atoms with van der Waals surface area (Å²) in [6, 6.07) is 17.5. The lowest BCUT2D eigenvalue weighted by Crippen LogP contribution is -2.29. The van der Waals surface area contributed by atoms with E-state index in [4.69, 9.17) is 4.74 Å². The van der Waals surface area contributed by atoms with Crippen molar-refractivity contribution in [3.8, 4) is 5.75 Å². The number of hydrogen-bond acceptors (Lipinski definition) is 5. The molecule has 1 fully saturated rings. The van der Waals surface area contributed by atoms with Gasteiger partial charge in [-0.2, -0.15) is 0 Å². The van der Waals surface area contributed by atoms with Gasteiger partial charge in [0.15, 0.2) is 0 Å². The third kappa shape index (κ3) is 4.86. The SMILES string of the molecule is CCCCOc1cccc(C2C(=C(O)c3ccc(C)cc3)C(=O)C(=O)N2Cc2ccncc2)c1. The monoisotopic (exact) mass is 456 g/mol. The van der Waals surface area contributed by atoms with Gasteiger partial charge < -0.3 is 14.7 Å². The summed E-state index contributed by atoms with van der Waals surface area (Å²) in [4.78, 5) is 31.9. The van der Waals surface area contributed by atoms with Crippen molar-refractivity contribution in [2.45, 2.75) is 39.3 Å². The van der Waals surface area contributed by atoms with Crippen LogP contribution >= 0.6 is 0 Å². The number of pyridine rings is 1. The number of carbonyl (C=O) groups is 2. The van der Waals surface area contributed by atoms with E-state index in [1.807, 2.05) is 43.3 Å². The van der Waals surface area contributed by atoms with Gasteiger partial charge in [-0.1, -0.05) is 55.3 Å². The lowest BCUT2D eigenvalue weighted by Gasteiger charge is -2.26. The second-order valence-corrected chi connectivity index (χ2v) is 8.42. The van der Waals surface area contributed by atoms with Gasteiger partial charge >= 0.3 is 0 Å². The highest BCUT2D eigenvalue weighted by molar-refractivity contribution is 6.46. The number of aliphatic hydroxyl groups is 1. The van der Waals surface area contributed by atoms with Crippen LogP contribution in [0.4, 0.5) is 0 Å². The van der Waals surface area contributed by atoms with Gasteiger partial charge in [0.25, 0.3) is 11.7 Å². The minimum Gasteiger partial charge on any atom is -0.507 e. The number of nitrogens with zero attached hydrogens (tertiary/aromatic N) is 2. The molecule has 4 rings (SSSR count). The number of carbonyl (C=O) groups excluding carboxylic acids is 2. The second-order valence-electron chi connectivity index (χ2n) is 8.42. The molecule has 1 aliphatic rings. The number of Topliss-reactive ketones (excluding diaryl/α,β-unsaturated/α-hetero) is 1. The molecule has 6 nitrogen and oxygen atoms in total. The van der Waals surface area contributed by atoms with Crippen molar-refractivity contribution in [3.05, 3.63) is 101 Å². The Morgan fingerprint density at radius 2 is 1.79 bits per heavy atom. The number of benzene rings is 2. The van der Waals surface area contributed by atoms with Crippen LogP contribution in [0, 0.1) is 6.92 Å². The number of ether oxygens (including phenoxy) is 1. The number of unbranched alkanes of at least 4 members (excludes halogenated alkanes) is 1. The summed E-state index contributed by atoms with van der Waals surface area (Å²) in [5.41, 5.74) is 3.15. The van der Waals surface area contributed by atoms with E-state index < -0.39 is 17.7 Å². The van der Waals surface area contributed by atoms with Gasteiger partial charge in [0.05, 0.1) is 18.2 Å². The van der Waals surface area contributed by atoms with Crippen molar-refractivity contribution in [3.63, 3.8) is 0 Å². The quantitative estimate of drug-likeness (QED) is 0.218. The van der Waals surface area contributed by atoms with Crippen molar-refractivity contribution >= 4 is 17.4 Å². The molecule has 1 N–H and O–H groups in total. The van der Waals surface area contributed by atoms with Crippen LogP contribution in [0.25, 0.3) is 5.76 Å². The largest absolute Gasteiger partial charge is 0.507 e. The number of likely N-dealkylation sites (tertiary alicyclic amines) is 1. The Kier molecular flexibility index (Phi) is 7.07. The van der Waals surface area contributed by atoms with Gasteiger partial charge in [-0.3, -0.25) is 14.6 Å². The van der Waals surface area contributed by atoms with Crippen LogP contribution in [0.1, 0.15) is 48.1 Å². The lowest BCUT2D eigenvalue weighted by atomic mass is 9.94. The van der Waals surface area contributed by atoms with Crippen LogP contribution in [0.5, 0.6) is 5.75 Å². The molecule has 6 heteroatoms. The van der Waals surface area contributed by atoms with E-state index in [1.54, 1.807) is 36.7 Å². The molecule has 1 unspecified atom stereocenters. The zero-order valence-corrected chi connectivity index (χ0v) is 19.4. The number of hydrogen-bond donors (Lipinski definition) is 1. The first-order valence-corrected chi connectivity index (χ1v) is 11.5. The lowest BCUT2D eigenvalue weighted by molar-refractivity contribution is -0.140. The molecule has 0 radical (unpaired) electrons. The maximum atomic E-state index is 13.2. The Hall–Kier alpha value is -3.93. The standard InChI is InChI=1S/C28H28N2O4/c1-3-4-16-34-23-7-5-6-22(17-23)25-24(26(31)21-10-8-19(2)9-11-21)27(32)28(33)30(25)18-20-12-14-29-15-13-20/h5-15,17,25,31H,3-4,16,18H2,1-2H3. The average Bonchev–Trinajstić information content (AvgIpc) is 3.10. The molecular weight excluding hydrogens is 428 g/mol. The second kappa shape index (κ2) is 10.3. The van der Waals surface area contributed by atoms with E-state index in [2.05, 4.69) is 11.9 Å². The number of aromatic nitrogens is 1. The zero-order chi connectivity index (χ0) is 24.1. The predicted octanol–water partition coefficient (Wildman–Crippen LogP) is 5.19. The van der Waals surface area contributed by atoms with Crippen molar-refractivity contribution < 1.29 is 19.4 Å². The molecule has 3 aromatic rings. The van der Waals surface area contributed by atoms with Crippen LogP contribution < -0.4 is 4.74 Å². The Labute approximate surface area is 199 Å². The van der Waals surface area contributed by atoms with E-state index in [-0.39, 0.29) is 17.9 Å². The molecule has 2 heterocycles. The Bertz CT molecular complexity index is 1200. The topological polar surface area (TPSA) is 79.7 Å². The maximum Gasteiger partial charge on any atom is 0.295 e. The zero-order valence-electron chi connectivity index (χ0n) is 19.4. The highest BCUT2D eigenvalue weighted by Crippen LogP contribution is 2.41. The molecule has 1 amide bonds. The molecule has 1 aliphatic heterocycles. The van der Waals surface area contributed by atoms with Crippen LogP contribution in [-0.2, 0) is 16.1 Å². The van der Waals surface area contributed by atoms with Crippen LogP contribution in [0.3, 0.4) is 0 Å². The van der Waals surface area contributed by atoms with E-state index in [0.717, 1.165) is 24.0 Å². The predicted molar refractivity (Wildman–Crippen MR) is 130 cm³/mol. The molecule has 0 spiro atoms. The first-order chi connectivity index (χ1) is 16.5. The number of aryl methyl sites for hydroxylation is 1. The first kappa shape index (κ1) is 23.2. The van der Waals surface area contributed by atoms with E-state index in [1.165, 1.54) is 4.90 Å². The fraction of sp³-hybridized carbons (Fsp3) is 0.250. The smallest absolute Gasteiger partial charge is 0.295 e. The maximum absolute atomic E-state index is 13.2. The van der Waals surface area contributed by atoms with Crippen LogP contribution in [0.2, 0.25) is 0 Å². The molecule has 34 heavy (non-hydrogen) atoms. The molecule has 0 saturated carbocycles. The Morgan fingerprint density at radius 1 is 1.06 bits per heavy atom. The first-order valence-electron chi connectivity index (χ1n) is 11.5. The van der Waals surface area contributed by atoms with Crippen molar-refractivity contribution in [1.82, 2.24) is 9.88 Å². The van der Waals surface area contributed by atoms with E-state index in [0.29, 0.717) is 23.5 Å². The highest BCUT2D eigenvalue weighted by atomic mass is 16.5. The number of ketones is 1. The molecule has 1 saturated heterocycles. The average molecular weight is 457 g/mol. The van der Waals surface area contributed by atoms with Crippen molar-refractivity contribution in [2.24, 2.45) is 0 Å². The minimum absolute atomic E-state index is 0.0774. The normalized spacial score (nSPS) is 17.2. The van der Waals surface area contributed by atoms with Gasteiger partial charge in [-0.15, -0.1) is 0 Å². The van der Waals surface area contributed by atoms with Crippen molar-refractivity contribution in [1.29, 1.82) is 0 Å². The summed E-state index contributed by atoms with van der Waals surface area (Å²) >= 11 is 0. The van der Waals surface area contributed by atoms with Gasteiger partial charge in [-0.25, -0.2) is 0 Å². The summed E-state index contributed by atoms with van der Waals surface area (Å²) < 4.78 is 5.87. The Morgan fingerprint density at radius 3 is 2.50 bits per heavy atom. The van der Waals surface area contributed by atoms with Gasteiger partial charge in [0.1, 0.15) is 11.5 Å². The summed E-state index contributed by atoms with van der Waals surface area (Å²) in [7, 11) is 0. The van der Waals surface area contributed by atoms with Gasteiger partial charge in [0, 0.05) is 24.5 Å². The van der Waals surface area contributed by atoms with Gasteiger partial charge in [0.2, 0.25) is 0 Å². The highest BCUT2D eigenvalue weighted by Gasteiger charge is 2.46. The summed E-state index contributed by atoms with van der Waals surface area (Å²) in [6.07, 6.45) is 5.24. The third-order valence-electron chi connectivity index (χ3n) is 5.91. The van der Waals surface area contributed by atoms with Crippen LogP contribution in [0.15, 0.2) is 78.6 Å². The fourth-order valence-corrected chi connectivity index (χ4v) is 4.05. The molecule has 0 bridgehead atoms. The summed E-state index contributed by atoms with van der Waals surface area (Å²) in [6.45, 7) is 4.84. The van der Waals surface area contributed by atoms with Crippen LogP contribution in [-0.4, -0.2) is 33.3 Å². The summed E-state index contributed by atoms with van der Waals surface area (Å²) in [5, 5.41) is 11.2. The Balaban J connectivity index is 1.80. The summed E-state index contributed by atoms with van der Waals surface area (Å²) in [5.74, 6) is -0.865. The van der Waals surface area contributed by atoms with Gasteiger partial charge in [-0.05, 0) is 48.7 Å². The van der Waals surface area contributed by atoms with E-state index >= 15 is 0 Å². The number of rotatable bonds is 8. The molecule has 2 aromatic carbocycles. The molecular formula is C28H28N2O4.